The van der Waals surface area contributed by atoms with Gasteiger partial charge in [-0.2, -0.15) is 0 Å². The smallest absolute Gasteiger partial charge is 0.195 e. The van der Waals surface area contributed by atoms with Crippen LogP contribution in [0.3, 0.4) is 0 Å². The third-order valence-corrected chi connectivity index (χ3v) is 4.06. The SMILES string of the molecule is C[C@@H](O)[C@H](O)[C@H](O)[C@H](O)[C@@H](O)[C@@H](O)C(=O)[C@@H](O)[C@@H](O)[C@@H](O)[C@H](O)[C@@H](O)CO. The first-order chi connectivity index (χ1) is 12.3. The molecule has 0 saturated carbocycles. The van der Waals surface area contributed by atoms with Crippen molar-refractivity contribution in [1.82, 2.24) is 0 Å². The van der Waals surface area contributed by atoms with Crippen LogP contribution in [0.15, 0.2) is 0 Å². The Kier molecular flexibility index (Phi) is 10.9. The lowest BCUT2D eigenvalue weighted by Gasteiger charge is -2.32. The predicted molar refractivity (Wildman–Crippen MR) is 83.8 cm³/mol. The summed E-state index contributed by atoms with van der Waals surface area (Å²) in [7, 11) is 0. The minimum atomic E-state index is -2.62. The summed E-state index contributed by atoms with van der Waals surface area (Å²) >= 11 is 0. The molecule has 27 heavy (non-hydrogen) atoms. The number of ketones is 1. The van der Waals surface area contributed by atoms with Gasteiger partial charge in [0.2, 0.25) is 0 Å². The van der Waals surface area contributed by atoms with Crippen LogP contribution in [0, 0.1) is 0 Å². The first-order valence-corrected chi connectivity index (χ1v) is 7.92. The monoisotopic (exact) mass is 404 g/mol. The molecule has 11 atom stereocenters. The van der Waals surface area contributed by atoms with Crippen LogP contribution < -0.4 is 0 Å². The van der Waals surface area contributed by atoms with Gasteiger partial charge in [0, 0.05) is 0 Å². The lowest BCUT2D eigenvalue weighted by atomic mass is 9.90. The Morgan fingerprint density at radius 2 is 0.926 bits per heavy atom. The highest BCUT2D eigenvalue weighted by Gasteiger charge is 2.43. The minimum absolute atomic E-state index is 1.02. The summed E-state index contributed by atoms with van der Waals surface area (Å²) in [5, 5.41) is 113. The standard InChI is InChI=1S/C14H28O13/c1-3(16)5(18)7(20)9(22)11(24)13(26)14(27)12(25)10(23)8(21)6(19)4(17)2-15/h3-13,15-26H,2H2,1H3/t3-,4+,5+,6-,7+,8+,9+,10+,11-,12+,13-/m1/s1. The molecule has 13 heteroatoms. The van der Waals surface area contributed by atoms with Crippen molar-refractivity contribution in [2.75, 3.05) is 6.61 Å². The van der Waals surface area contributed by atoms with E-state index in [-0.39, 0.29) is 0 Å². The molecule has 0 amide bonds. The van der Waals surface area contributed by atoms with Crippen molar-refractivity contribution in [2.45, 2.75) is 74.1 Å². The molecule has 0 aliphatic heterocycles. The fourth-order valence-corrected chi connectivity index (χ4v) is 2.11. The second kappa shape index (κ2) is 11.3. The molecule has 0 aromatic rings. The van der Waals surface area contributed by atoms with E-state index in [1.54, 1.807) is 0 Å². The molecule has 0 heterocycles. The molecule has 0 saturated heterocycles. The number of rotatable bonds is 12. The van der Waals surface area contributed by atoms with Gasteiger partial charge in [0.25, 0.3) is 0 Å². The number of aliphatic hydroxyl groups excluding tert-OH is 12. The quantitative estimate of drug-likeness (QED) is 0.144. The Morgan fingerprint density at radius 1 is 0.593 bits per heavy atom. The fraction of sp³-hybridized carbons (Fsp3) is 0.929. The van der Waals surface area contributed by atoms with Crippen LogP contribution >= 0.6 is 0 Å². The number of carbonyl (C=O) groups is 1. The zero-order valence-corrected chi connectivity index (χ0v) is 14.3. The lowest BCUT2D eigenvalue weighted by molar-refractivity contribution is -0.176. The van der Waals surface area contributed by atoms with Crippen LogP contribution in [-0.4, -0.2) is 141 Å². The Morgan fingerprint density at radius 3 is 1.26 bits per heavy atom. The highest BCUT2D eigenvalue weighted by Crippen LogP contribution is 2.15. The van der Waals surface area contributed by atoms with E-state index in [9.17, 15) is 50.8 Å². The van der Waals surface area contributed by atoms with Crippen molar-refractivity contribution in [1.29, 1.82) is 0 Å². The summed E-state index contributed by atoms with van der Waals surface area (Å²) in [6.07, 6.45) is -24.7. The Hall–Kier alpha value is -0.810. The number of aliphatic hydroxyl groups is 12. The number of Topliss-reactive ketones (excluding diaryl/α,β-unsaturated/α-hetero) is 1. The lowest BCUT2D eigenvalue weighted by Crippen LogP contribution is -2.58. The van der Waals surface area contributed by atoms with E-state index in [1.165, 1.54) is 0 Å². The van der Waals surface area contributed by atoms with Crippen LogP contribution in [-0.2, 0) is 4.79 Å². The van der Waals surface area contributed by atoms with E-state index >= 15 is 0 Å². The van der Waals surface area contributed by atoms with Gasteiger partial charge < -0.3 is 61.3 Å². The second-order valence-electron chi connectivity index (χ2n) is 6.22. The maximum Gasteiger partial charge on any atom is 0.195 e. The maximum absolute atomic E-state index is 11.9. The normalized spacial score (nSPS) is 24.6. The van der Waals surface area contributed by atoms with Gasteiger partial charge in [-0.1, -0.05) is 0 Å². The molecule has 0 aromatic heterocycles. The van der Waals surface area contributed by atoms with Crippen LogP contribution in [0.1, 0.15) is 6.92 Å². The minimum Gasteiger partial charge on any atom is -0.394 e. The highest BCUT2D eigenvalue weighted by molar-refractivity contribution is 5.88. The van der Waals surface area contributed by atoms with Gasteiger partial charge >= 0.3 is 0 Å². The van der Waals surface area contributed by atoms with E-state index in [4.69, 9.17) is 15.3 Å². The van der Waals surface area contributed by atoms with Crippen molar-refractivity contribution in [3.05, 3.63) is 0 Å². The van der Waals surface area contributed by atoms with Crippen molar-refractivity contribution in [3.63, 3.8) is 0 Å². The predicted octanol–water partition coefficient (Wildman–Crippen LogP) is -7.46. The molecular weight excluding hydrogens is 376 g/mol. The van der Waals surface area contributed by atoms with Gasteiger partial charge in [-0.25, -0.2) is 0 Å². The van der Waals surface area contributed by atoms with Crippen molar-refractivity contribution in [3.8, 4) is 0 Å². The van der Waals surface area contributed by atoms with Crippen molar-refractivity contribution >= 4 is 5.78 Å². The third kappa shape index (κ3) is 6.63. The largest absolute Gasteiger partial charge is 0.394 e. The van der Waals surface area contributed by atoms with E-state index < -0.39 is 79.5 Å². The van der Waals surface area contributed by atoms with Gasteiger partial charge in [-0.05, 0) is 6.92 Å². The number of carbonyl (C=O) groups excluding carboxylic acids is 1. The molecule has 0 radical (unpaired) electrons. The summed E-state index contributed by atoms with van der Waals surface area (Å²) in [6.45, 7) is 0.0220. The van der Waals surface area contributed by atoms with Gasteiger partial charge in [0.1, 0.15) is 61.0 Å². The molecule has 13 nitrogen and oxygen atoms in total. The van der Waals surface area contributed by atoms with Crippen LogP contribution in [0.5, 0.6) is 0 Å². The summed E-state index contributed by atoms with van der Waals surface area (Å²) < 4.78 is 0. The topological polar surface area (TPSA) is 260 Å². The second-order valence-corrected chi connectivity index (χ2v) is 6.22. The molecule has 0 fully saturated rings. The molecule has 162 valence electrons. The molecule has 0 aliphatic rings. The van der Waals surface area contributed by atoms with E-state index in [0.717, 1.165) is 6.92 Å². The van der Waals surface area contributed by atoms with Crippen molar-refractivity contribution < 1.29 is 66.1 Å². The summed E-state index contributed by atoms with van der Waals surface area (Å²) in [5.41, 5.74) is 0. The maximum atomic E-state index is 11.9. The molecule has 0 unspecified atom stereocenters. The van der Waals surface area contributed by atoms with Gasteiger partial charge in [-0.3, -0.25) is 4.79 Å². The first-order valence-electron chi connectivity index (χ1n) is 7.92. The summed E-state index contributed by atoms with van der Waals surface area (Å²) in [6, 6.07) is 0. The third-order valence-electron chi connectivity index (χ3n) is 4.06. The van der Waals surface area contributed by atoms with Gasteiger partial charge in [-0.15, -0.1) is 0 Å². The van der Waals surface area contributed by atoms with Crippen LogP contribution in [0.4, 0.5) is 0 Å². The molecule has 0 rings (SSSR count). The fourth-order valence-electron chi connectivity index (χ4n) is 2.11. The van der Waals surface area contributed by atoms with E-state index in [2.05, 4.69) is 0 Å². The van der Waals surface area contributed by atoms with E-state index in [0.29, 0.717) is 0 Å². The number of hydrogen-bond donors (Lipinski definition) is 12. The van der Waals surface area contributed by atoms with Crippen LogP contribution in [0.25, 0.3) is 0 Å². The highest BCUT2D eigenvalue weighted by atomic mass is 16.4. The van der Waals surface area contributed by atoms with Gasteiger partial charge in [0.15, 0.2) is 5.78 Å². The van der Waals surface area contributed by atoms with Crippen molar-refractivity contribution in [2.24, 2.45) is 0 Å². The average Bonchev–Trinajstić information content (AvgIpc) is 2.66. The average molecular weight is 404 g/mol. The molecular formula is C14H28O13. The zero-order valence-electron chi connectivity index (χ0n) is 14.3. The van der Waals surface area contributed by atoms with Crippen LogP contribution in [0.2, 0.25) is 0 Å². The molecule has 0 aliphatic carbocycles. The number of hydrogen-bond acceptors (Lipinski definition) is 13. The first kappa shape index (κ1) is 26.2. The molecule has 0 aromatic carbocycles. The van der Waals surface area contributed by atoms with E-state index in [1.807, 2.05) is 0 Å². The Balaban J connectivity index is 5.09. The molecule has 0 spiro atoms. The summed E-state index contributed by atoms with van der Waals surface area (Å²) in [5.74, 6) is -1.74. The zero-order chi connectivity index (χ0) is 21.6. The Labute approximate surface area is 153 Å². The van der Waals surface area contributed by atoms with Gasteiger partial charge in [0.05, 0.1) is 12.7 Å². The molecule has 12 N–H and O–H groups in total. The summed E-state index contributed by atoms with van der Waals surface area (Å²) in [4.78, 5) is 11.9. The molecule has 0 bridgehead atoms. The Bertz CT molecular complexity index is 447.